The number of ketones is 1. The van der Waals surface area contributed by atoms with E-state index in [1.807, 2.05) is 0 Å². The van der Waals surface area contributed by atoms with Crippen molar-refractivity contribution in [3.63, 3.8) is 0 Å². The van der Waals surface area contributed by atoms with Gasteiger partial charge in [0.15, 0.2) is 0 Å². The van der Waals surface area contributed by atoms with E-state index in [4.69, 9.17) is 16.3 Å². The number of aromatic hydroxyl groups is 1. The van der Waals surface area contributed by atoms with Gasteiger partial charge in [0.05, 0.1) is 23.3 Å². The molecular formula is C14H10ClFO3. The van der Waals surface area contributed by atoms with Gasteiger partial charge in [-0.25, -0.2) is 4.39 Å². The van der Waals surface area contributed by atoms with E-state index >= 15 is 0 Å². The Hall–Kier alpha value is -2.07. The number of carbonyl (C=O) groups is 1. The van der Waals surface area contributed by atoms with E-state index in [1.54, 1.807) is 0 Å². The molecule has 0 aromatic heterocycles. The molecule has 0 saturated carbocycles. The van der Waals surface area contributed by atoms with Crippen molar-refractivity contribution in [3.05, 3.63) is 58.4 Å². The number of hydrogen-bond acceptors (Lipinski definition) is 3. The number of ether oxygens (including phenoxy) is 1. The van der Waals surface area contributed by atoms with Crippen molar-refractivity contribution in [2.75, 3.05) is 7.11 Å². The molecule has 0 amide bonds. The van der Waals surface area contributed by atoms with Crippen LogP contribution < -0.4 is 4.74 Å². The van der Waals surface area contributed by atoms with Gasteiger partial charge >= 0.3 is 0 Å². The summed E-state index contributed by atoms with van der Waals surface area (Å²) < 4.78 is 18.5. The molecule has 2 aromatic carbocycles. The largest absolute Gasteiger partial charge is 0.507 e. The Labute approximate surface area is 114 Å². The second kappa shape index (κ2) is 5.28. The molecule has 0 radical (unpaired) electrons. The van der Waals surface area contributed by atoms with Crippen LogP contribution in [0.1, 0.15) is 15.9 Å². The topological polar surface area (TPSA) is 46.5 Å². The summed E-state index contributed by atoms with van der Waals surface area (Å²) in [6.07, 6.45) is 0. The predicted molar refractivity (Wildman–Crippen MR) is 69.5 cm³/mol. The maximum atomic E-state index is 13.6. The summed E-state index contributed by atoms with van der Waals surface area (Å²) >= 11 is 5.93. The van der Waals surface area contributed by atoms with Crippen molar-refractivity contribution >= 4 is 17.4 Å². The molecule has 3 nitrogen and oxygen atoms in total. The van der Waals surface area contributed by atoms with Crippen molar-refractivity contribution < 1.29 is 19.0 Å². The van der Waals surface area contributed by atoms with E-state index in [1.165, 1.54) is 43.5 Å². The minimum atomic E-state index is -0.678. The second-order valence-electron chi connectivity index (χ2n) is 3.81. The summed E-state index contributed by atoms with van der Waals surface area (Å²) in [4.78, 5) is 12.2. The highest BCUT2D eigenvalue weighted by molar-refractivity contribution is 6.35. The summed E-state index contributed by atoms with van der Waals surface area (Å²) in [5, 5.41) is 9.82. The standard InChI is InChI=1S/C14H10ClFO3/c1-19-8-6-10(15)13(12(17)7-8)14(18)9-4-2-3-5-11(9)16/h2-7,17H,1H3. The van der Waals surface area contributed by atoms with Crippen molar-refractivity contribution in [3.8, 4) is 11.5 Å². The molecule has 0 unspecified atom stereocenters. The minimum Gasteiger partial charge on any atom is -0.507 e. The lowest BCUT2D eigenvalue weighted by Gasteiger charge is -2.09. The molecule has 0 aliphatic carbocycles. The predicted octanol–water partition coefficient (Wildman–Crippen LogP) is 3.42. The van der Waals surface area contributed by atoms with Crippen LogP contribution in [0.3, 0.4) is 0 Å². The molecule has 0 saturated heterocycles. The van der Waals surface area contributed by atoms with E-state index in [0.717, 1.165) is 0 Å². The third-order valence-corrected chi connectivity index (χ3v) is 2.92. The first-order valence-corrected chi connectivity index (χ1v) is 5.78. The Morgan fingerprint density at radius 2 is 2.00 bits per heavy atom. The zero-order chi connectivity index (χ0) is 14.0. The van der Waals surface area contributed by atoms with Crippen LogP contribution >= 0.6 is 11.6 Å². The smallest absolute Gasteiger partial charge is 0.201 e. The molecule has 0 aliphatic rings. The fraction of sp³-hybridized carbons (Fsp3) is 0.0714. The summed E-state index contributed by atoms with van der Waals surface area (Å²) in [6.45, 7) is 0. The molecule has 0 fully saturated rings. The van der Waals surface area contributed by atoms with Crippen LogP contribution in [0.25, 0.3) is 0 Å². The minimum absolute atomic E-state index is 0.00473. The highest BCUT2D eigenvalue weighted by atomic mass is 35.5. The van der Waals surface area contributed by atoms with Gasteiger partial charge in [-0.1, -0.05) is 23.7 Å². The van der Waals surface area contributed by atoms with Crippen molar-refractivity contribution in [1.82, 2.24) is 0 Å². The van der Waals surface area contributed by atoms with Gasteiger partial charge in [-0.15, -0.1) is 0 Å². The number of phenolic OH excluding ortho intramolecular Hbond substituents is 1. The number of phenols is 1. The van der Waals surface area contributed by atoms with Crippen LogP contribution in [0.15, 0.2) is 36.4 Å². The molecule has 0 heterocycles. The molecule has 5 heteroatoms. The van der Waals surface area contributed by atoms with Gasteiger partial charge in [0.1, 0.15) is 17.3 Å². The van der Waals surface area contributed by atoms with E-state index < -0.39 is 11.6 Å². The van der Waals surface area contributed by atoms with Gasteiger partial charge in [-0.2, -0.15) is 0 Å². The van der Waals surface area contributed by atoms with Gasteiger partial charge in [0, 0.05) is 6.07 Å². The summed E-state index contributed by atoms with van der Waals surface area (Å²) in [5.41, 5.74) is -0.294. The van der Waals surface area contributed by atoms with E-state index in [2.05, 4.69) is 0 Å². The van der Waals surface area contributed by atoms with E-state index in [9.17, 15) is 14.3 Å². The van der Waals surface area contributed by atoms with Crippen LogP contribution in [0, 0.1) is 5.82 Å². The van der Waals surface area contributed by atoms with Gasteiger partial charge < -0.3 is 9.84 Å². The van der Waals surface area contributed by atoms with Crippen LogP contribution in [-0.4, -0.2) is 18.0 Å². The molecule has 1 N–H and O–H groups in total. The zero-order valence-corrected chi connectivity index (χ0v) is 10.7. The van der Waals surface area contributed by atoms with Gasteiger partial charge in [-0.3, -0.25) is 4.79 Å². The summed E-state index contributed by atoms with van der Waals surface area (Å²) in [5.74, 6) is -1.38. The Morgan fingerprint density at radius 1 is 1.32 bits per heavy atom. The quantitative estimate of drug-likeness (QED) is 0.876. The van der Waals surface area contributed by atoms with E-state index in [-0.39, 0.29) is 21.9 Å². The molecule has 19 heavy (non-hydrogen) atoms. The Kier molecular flexibility index (Phi) is 3.71. The second-order valence-corrected chi connectivity index (χ2v) is 4.22. The van der Waals surface area contributed by atoms with Gasteiger partial charge in [-0.05, 0) is 18.2 Å². The highest BCUT2D eigenvalue weighted by Crippen LogP contribution is 2.33. The third kappa shape index (κ3) is 2.53. The Balaban J connectivity index is 2.54. The first kappa shape index (κ1) is 13.4. The maximum Gasteiger partial charge on any atom is 0.201 e. The monoisotopic (exact) mass is 280 g/mol. The molecule has 0 bridgehead atoms. The highest BCUT2D eigenvalue weighted by Gasteiger charge is 2.21. The lowest BCUT2D eigenvalue weighted by Crippen LogP contribution is -2.05. The van der Waals surface area contributed by atoms with Gasteiger partial charge in [0.2, 0.25) is 5.78 Å². The lowest BCUT2D eigenvalue weighted by molar-refractivity contribution is 0.103. The average molecular weight is 281 g/mol. The maximum absolute atomic E-state index is 13.6. The number of carbonyl (C=O) groups excluding carboxylic acids is 1. The summed E-state index contributed by atoms with van der Waals surface area (Å²) in [6, 6.07) is 8.14. The van der Waals surface area contributed by atoms with E-state index in [0.29, 0.717) is 5.75 Å². The third-order valence-electron chi connectivity index (χ3n) is 2.62. The van der Waals surface area contributed by atoms with Crippen LogP contribution in [-0.2, 0) is 0 Å². The lowest BCUT2D eigenvalue weighted by atomic mass is 10.0. The number of halogens is 2. The SMILES string of the molecule is COc1cc(O)c(C(=O)c2ccccc2F)c(Cl)c1. The molecule has 0 spiro atoms. The van der Waals surface area contributed by atoms with Crippen molar-refractivity contribution in [2.24, 2.45) is 0 Å². The van der Waals surface area contributed by atoms with Crippen LogP contribution in [0.4, 0.5) is 4.39 Å². The fourth-order valence-corrected chi connectivity index (χ4v) is 1.98. The number of benzene rings is 2. The molecule has 0 atom stereocenters. The first-order valence-electron chi connectivity index (χ1n) is 5.40. The molecule has 0 aliphatic heterocycles. The molecule has 2 aromatic rings. The number of rotatable bonds is 3. The Bertz CT molecular complexity index is 617. The Morgan fingerprint density at radius 3 is 2.58 bits per heavy atom. The number of methoxy groups -OCH3 is 1. The normalized spacial score (nSPS) is 10.3. The van der Waals surface area contributed by atoms with Gasteiger partial charge in [0.25, 0.3) is 0 Å². The van der Waals surface area contributed by atoms with Crippen LogP contribution in [0.2, 0.25) is 5.02 Å². The van der Waals surface area contributed by atoms with Crippen molar-refractivity contribution in [2.45, 2.75) is 0 Å². The number of hydrogen-bond donors (Lipinski definition) is 1. The molecular weight excluding hydrogens is 271 g/mol. The first-order chi connectivity index (χ1) is 9.04. The van der Waals surface area contributed by atoms with Crippen LogP contribution in [0.5, 0.6) is 11.5 Å². The zero-order valence-electron chi connectivity index (χ0n) is 9.98. The molecule has 98 valence electrons. The molecule has 2 rings (SSSR count). The fourth-order valence-electron chi connectivity index (χ4n) is 1.69. The average Bonchev–Trinajstić information content (AvgIpc) is 2.38. The summed E-state index contributed by atoms with van der Waals surface area (Å²) in [7, 11) is 1.41. The van der Waals surface area contributed by atoms with Crippen molar-refractivity contribution in [1.29, 1.82) is 0 Å².